The quantitative estimate of drug-likeness (QED) is 0.858. The van der Waals surface area contributed by atoms with Crippen molar-refractivity contribution < 1.29 is 18.7 Å². The summed E-state index contributed by atoms with van der Waals surface area (Å²) in [5.41, 5.74) is -0.681. The highest BCUT2D eigenvalue weighted by molar-refractivity contribution is 5.76. The summed E-state index contributed by atoms with van der Waals surface area (Å²) in [6, 6.07) is 0.0969. The smallest absolute Gasteiger partial charge is 0.220 e. The van der Waals surface area contributed by atoms with Gasteiger partial charge in [0.05, 0.1) is 23.5 Å². The van der Waals surface area contributed by atoms with Crippen LogP contribution in [0.15, 0.2) is 12.3 Å². The third kappa shape index (κ3) is 3.70. The molecule has 1 fully saturated rings. The van der Waals surface area contributed by atoms with E-state index >= 15 is 0 Å². The molecule has 2 N–H and O–H groups in total. The van der Waals surface area contributed by atoms with E-state index in [0.29, 0.717) is 6.42 Å². The van der Waals surface area contributed by atoms with E-state index in [0.717, 1.165) is 25.1 Å². The third-order valence-electron chi connectivity index (χ3n) is 3.27. The maximum atomic E-state index is 13.4. The second-order valence-electron chi connectivity index (χ2n) is 5.03. The minimum absolute atomic E-state index is 0.000108. The monoisotopic (exact) mass is 270 g/mol. The van der Waals surface area contributed by atoms with Gasteiger partial charge in [0, 0.05) is 12.5 Å². The van der Waals surface area contributed by atoms with Crippen LogP contribution in [0.25, 0.3) is 0 Å². The van der Waals surface area contributed by atoms with Crippen molar-refractivity contribution in [3.05, 3.63) is 29.6 Å². The van der Waals surface area contributed by atoms with Crippen molar-refractivity contribution in [1.29, 1.82) is 0 Å². The number of hydrogen-bond acceptors (Lipinski definition) is 3. The highest BCUT2D eigenvalue weighted by atomic mass is 19.1. The minimum Gasteiger partial charge on any atom is -0.390 e. The molecule has 1 aliphatic rings. The number of nitrogens with zero attached hydrogens (tertiary/aromatic N) is 1. The zero-order valence-corrected chi connectivity index (χ0v) is 10.6. The SMILES string of the molecule is CC(NC(=O)CCC1(O)CC1)c1ncc(F)cc1F. The number of halogens is 2. The average molecular weight is 270 g/mol. The lowest BCUT2D eigenvalue weighted by Crippen LogP contribution is -2.28. The van der Waals surface area contributed by atoms with Crippen LogP contribution < -0.4 is 5.32 Å². The molecule has 19 heavy (non-hydrogen) atoms. The van der Waals surface area contributed by atoms with Crippen LogP contribution in [0.3, 0.4) is 0 Å². The Morgan fingerprint density at radius 3 is 2.84 bits per heavy atom. The Hall–Kier alpha value is -1.56. The summed E-state index contributed by atoms with van der Waals surface area (Å²) in [4.78, 5) is 15.3. The summed E-state index contributed by atoms with van der Waals surface area (Å²) in [6.45, 7) is 1.58. The molecule has 1 amide bonds. The summed E-state index contributed by atoms with van der Waals surface area (Å²) in [6.07, 6.45) is 2.95. The Balaban J connectivity index is 1.88. The van der Waals surface area contributed by atoms with Crippen LogP contribution in [0.4, 0.5) is 8.78 Å². The van der Waals surface area contributed by atoms with Gasteiger partial charge >= 0.3 is 0 Å². The van der Waals surface area contributed by atoms with E-state index in [-0.39, 0.29) is 18.0 Å². The first-order valence-electron chi connectivity index (χ1n) is 6.22. The molecule has 4 nitrogen and oxygen atoms in total. The molecule has 1 heterocycles. The maximum Gasteiger partial charge on any atom is 0.220 e. The fourth-order valence-electron chi connectivity index (χ4n) is 1.87. The maximum absolute atomic E-state index is 13.4. The van der Waals surface area contributed by atoms with Gasteiger partial charge in [-0.3, -0.25) is 9.78 Å². The first-order valence-corrected chi connectivity index (χ1v) is 6.22. The van der Waals surface area contributed by atoms with Crippen molar-refractivity contribution in [1.82, 2.24) is 10.3 Å². The van der Waals surface area contributed by atoms with Gasteiger partial charge in [0.25, 0.3) is 0 Å². The van der Waals surface area contributed by atoms with E-state index in [1.54, 1.807) is 6.92 Å². The second-order valence-corrected chi connectivity index (χ2v) is 5.03. The predicted molar refractivity (Wildman–Crippen MR) is 64.1 cm³/mol. The molecule has 104 valence electrons. The fraction of sp³-hybridized carbons (Fsp3) is 0.538. The molecule has 6 heteroatoms. The van der Waals surface area contributed by atoms with Crippen LogP contribution in [0.1, 0.15) is 44.3 Å². The van der Waals surface area contributed by atoms with E-state index in [9.17, 15) is 18.7 Å². The molecule has 0 spiro atoms. The van der Waals surface area contributed by atoms with Gasteiger partial charge in [-0.05, 0) is 26.2 Å². The standard InChI is InChI=1S/C13H16F2N2O2/c1-8(12-10(15)6-9(14)7-16-12)17-11(18)2-3-13(19)4-5-13/h6-8,19H,2-5H2,1H3,(H,17,18). The largest absolute Gasteiger partial charge is 0.390 e. The van der Waals surface area contributed by atoms with Crippen LogP contribution in [-0.2, 0) is 4.79 Å². The Morgan fingerprint density at radius 1 is 1.58 bits per heavy atom. The number of amides is 1. The van der Waals surface area contributed by atoms with Gasteiger partial charge in [-0.2, -0.15) is 0 Å². The van der Waals surface area contributed by atoms with Gasteiger partial charge in [-0.15, -0.1) is 0 Å². The molecule has 1 aromatic rings. The summed E-state index contributed by atoms with van der Waals surface area (Å²) >= 11 is 0. The molecule has 1 atom stereocenters. The number of nitrogens with one attached hydrogen (secondary N) is 1. The molecule has 0 saturated heterocycles. The van der Waals surface area contributed by atoms with Crippen LogP contribution in [0.5, 0.6) is 0 Å². The lowest BCUT2D eigenvalue weighted by atomic mass is 10.1. The number of carbonyl (C=O) groups excluding carboxylic acids is 1. The van der Waals surface area contributed by atoms with Gasteiger partial charge in [-0.25, -0.2) is 8.78 Å². The summed E-state index contributed by atoms with van der Waals surface area (Å²) in [5, 5.41) is 12.2. The topological polar surface area (TPSA) is 62.2 Å². The fourth-order valence-corrected chi connectivity index (χ4v) is 1.87. The molecule has 0 aliphatic heterocycles. The van der Waals surface area contributed by atoms with E-state index in [1.165, 1.54) is 0 Å². The summed E-state index contributed by atoms with van der Waals surface area (Å²) in [7, 11) is 0. The number of hydrogen-bond donors (Lipinski definition) is 2. The molecule has 2 rings (SSSR count). The summed E-state index contributed by atoms with van der Waals surface area (Å²) < 4.78 is 26.2. The first kappa shape index (κ1) is 13.9. The number of aromatic nitrogens is 1. The van der Waals surface area contributed by atoms with E-state index in [2.05, 4.69) is 10.3 Å². The van der Waals surface area contributed by atoms with Gasteiger partial charge in [0.15, 0.2) is 0 Å². The summed E-state index contributed by atoms with van der Waals surface area (Å²) in [5.74, 6) is -1.82. The van der Waals surface area contributed by atoms with Gasteiger partial charge in [0.2, 0.25) is 5.91 Å². The number of rotatable bonds is 5. The lowest BCUT2D eigenvalue weighted by molar-refractivity contribution is -0.122. The zero-order valence-electron chi connectivity index (χ0n) is 10.6. The molecule has 0 bridgehead atoms. The van der Waals surface area contributed by atoms with Crippen molar-refractivity contribution in [3.63, 3.8) is 0 Å². The van der Waals surface area contributed by atoms with Crippen molar-refractivity contribution >= 4 is 5.91 Å². The number of aliphatic hydroxyl groups is 1. The van der Waals surface area contributed by atoms with Crippen LogP contribution in [0, 0.1) is 11.6 Å². The minimum atomic E-state index is -0.784. The Labute approximate surface area is 109 Å². The highest BCUT2D eigenvalue weighted by Crippen LogP contribution is 2.39. The lowest BCUT2D eigenvalue weighted by Gasteiger charge is -2.15. The first-order chi connectivity index (χ1) is 8.89. The van der Waals surface area contributed by atoms with Crippen molar-refractivity contribution in [2.45, 2.75) is 44.2 Å². The molecule has 0 aromatic carbocycles. The highest BCUT2D eigenvalue weighted by Gasteiger charge is 2.40. The predicted octanol–water partition coefficient (Wildman–Crippen LogP) is 1.84. The normalized spacial score (nSPS) is 17.9. The van der Waals surface area contributed by atoms with Crippen molar-refractivity contribution in [3.8, 4) is 0 Å². The van der Waals surface area contributed by atoms with Crippen LogP contribution in [0.2, 0.25) is 0 Å². The molecule has 1 saturated carbocycles. The molecular formula is C13H16F2N2O2. The zero-order chi connectivity index (χ0) is 14.0. The van der Waals surface area contributed by atoms with E-state index < -0.39 is 23.3 Å². The average Bonchev–Trinajstić information content (AvgIpc) is 3.05. The van der Waals surface area contributed by atoms with Gasteiger partial charge in [-0.1, -0.05) is 0 Å². The number of pyridine rings is 1. The Kier molecular flexibility index (Phi) is 3.80. The van der Waals surface area contributed by atoms with Crippen molar-refractivity contribution in [2.75, 3.05) is 0 Å². The molecule has 1 unspecified atom stereocenters. The van der Waals surface area contributed by atoms with Crippen molar-refractivity contribution in [2.24, 2.45) is 0 Å². The van der Waals surface area contributed by atoms with E-state index in [1.807, 2.05) is 0 Å². The van der Waals surface area contributed by atoms with Gasteiger partial charge in [0.1, 0.15) is 11.6 Å². The van der Waals surface area contributed by atoms with Crippen LogP contribution in [-0.4, -0.2) is 21.6 Å². The number of carbonyl (C=O) groups is 1. The van der Waals surface area contributed by atoms with Gasteiger partial charge < -0.3 is 10.4 Å². The van der Waals surface area contributed by atoms with E-state index in [4.69, 9.17) is 0 Å². The molecule has 0 radical (unpaired) electrons. The molecule has 1 aromatic heterocycles. The second kappa shape index (κ2) is 5.21. The third-order valence-corrected chi connectivity index (χ3v) is 3.27. The molecular weight excluding hydrogens is 254 g/mol. The Bertz CT molecular complexity index is 490. The molecule has 1 aliphatic carbocycles. The van der Waals surface area contributed by atoms with Crippen LogP contribution >= 0.6 is 0 Å². The Morgan fingerprint density at radius 2 is 2.26 bits per heavy atom.